The average molecular weight is 316 g/mol. The van der Waals surface area contributed by atoms with Crippen molar-refractivity contribution in [2.45, 2.75) is 29.8 Å². The number of hydrogen-bond acceptors (Lipinski definition) is 5. The molecular formula is C15H13FN4OS. The molecule has 3 aromatic rings. The molecule has 1 aliphatic rings. The van der Waals surface area contributed by atoms with Crippen LogP contribution >= 0.6 is 11.8 Å². The topological polar surface area (TPSA) is 56.7 Å². The van der Waals surface area contributed by atoms with Gasteiger partial charge in [0, 0.05) is 17.4 Å². The highest BCUT2D eigenvalue weighted by atomic mass is 32.2. The maximum Gasteiger partial charge on any atom is 0.226 e. The Labute approximate surface area is 130 Å². The summed E-state index contributed by atoms with van der Waals surface area (Å²) >= 11 is 1.58. The Hall–Kier alpha value is -2.15. The lowest BCUT2D eigenvalue weighted by molar-refractivity contribution is 0.571. The Morgan fingerprint density at radius 3 is 3.09 bits per heavy atom. The van der Waals surface area contributed by atoms with E-state index in [0.29, 0.717) is 23.2 Å². The summed E-state index contributed by atoms with van der Waals surface area (Å²) in [7, 11) is 0. The molecule has 0 atom stereocenters. The monoisotopic (exact) mass is 316 g/mol. The van der Waals surface area contributed by atoms with Gasteiger partial charge in [0.05, 0.1) is 5.69 Å². The summed E-state index contributed by atoms with van der Waals surface area (Å²) in [4.78, 5) is 4.40. The number of oxazole rings is 1. The molecule has 1 aliphatic carbocycles. The summed E-state index contributed by atoms with van der Waals surface area (Å²) < 4.78 is 20.8. The molecule has 0 aliphatic heterocycles. The maximum atomic E-state index is 13.2. The second-order valence-corrected chi connectivity index (χ2v) is 6.14. The van der Waals surface area contributed by atoms with Crippen LogP contribution < -0.4 is 0 Å². The first-order valence-electron chi connectivity index (χ1n) is 7.02. The zero-order valence-corrected chi connectivity index (χ0v) is 12.5. The van der Waals surface area contributed by atoms with Crippen LogP contribution in [0.3, 0.4) is 0 Å². The van der Waals surface area contributed by atoms with Gasteiger partial charge >= 0.3 is 0 Å². The van der Waals surface area contributed by atoms with Crippen molar-refractivity contribution in [3.05, 3.63) is 48.4 Å². The molecule has 22 heavy (non-hydrogen) atoms. The summed E-state index contributed by atoms with van der Waals surface area (Å²) in [6, 6.07) is 6.77. The molecule has 4 rings (SSSR count). The standard InChI is InChI=1S/C15H13FN4OS/c16-11-3-1-2-10(6-11)14-18-12(7-21-14)8-22-15-19-17-9-20(15)13-4-5-13/h1-3,6-7,9,13H,4-5,8H2. The molecule has 1 fully saturated rings. The number of hydrogen-bond donors (Lipinski definition) is 0. The molecule has 0 bridgehead atoms. The summed E-state index contributed by atoms with van der Waals surface area (Å²) in [5.74, 6) is 0.771. The van der Waals surface area contributed by atoms with Crippen molar-refractivity contribution in [3.8, 4) is 11.5 Å². The van der Waals surface area contributed by atoms with Gasteiger partial charge in [0.25, 0.3) is 0 Å². The lowest BCUT2D eigenvalue weighted by atomic mass is 10.2. The lowest BCUT2D eigenvalue weighted by Crippen LogP contribution is -1.94. The van der Waals surface area contributed by atoms with Crippen molar-refractivity contribution in [1.82, 2.24) is 19.7 Å². The van der Waals surface area contributed by atoms with Crippen molar-refractivity contribution >= 4 is 11.8 Å². The maximum absolute atomic E-state index is 13.2. The zero-order valence-electron chi connectivity index (χ0n) is 11.6. The van der Waals surface area contributed by atoms with E-state index in [1.54, 1.807) is 36.5 Å². The molecule has 1 aromatic carbocycles. The molecule has 0 radical (unpaired) electrons. The molecule has 1 saturated carbocycles. The van der Waals surface area contributed by atoms with E-state index in [0.717, 1.165) is 10.9 Å². The number of thioether (sulfide) groups is 1. The van der Waals surface area contributed by atoms with Gasteiger partial charge in [-0.2, -0.15) is 0 Å². The predicted molar refractivity (Wildman–Crippen MR) is 79.8 cm³/mol. The molecule has 112 valence electrons. The van der Waals surface area contributed by atoms with E-state index in [9.17, 15) is 4.39 Å². The number of nitrogens with zero attached hydrogens (tertiary/aromatic N) is 4. The van der Waals surface area contributed by atoms with Gasteiger partial charge in [-0.15, -0.1) is 10.2 Å². The van der Waals surface area contributed by atoms with Crippen molar-refractivity contribution in [2.24, 2.45) is 0 Å². The summed E-state index contributed by atoms with van der Waals surface area (Å²) in [5, 5.41) is 9.00. The molecule has 7 heteroatoms. The Bertz CT molecular complexity index is 796. The molecule has 2 heterocycles. The average Bonchev–Trinajstić information content (AvgIpc) is 3.08. The van der Waals surface area contributed by atoms with Crippen molar-refractivity contribution < 1.29 is 8.81 Å². The Morgan fingerprint density at radius 2 is 2.27 bits per heavy atom. The van der Waals surface area contributed by atoms with Crippen LogP contribution in [-0.2, 0) is 5.75 Å². The Morgan fingerprint density at radius 1 is 1.36 bits per heavy atom. The van der Waals surface area contributed by atoms with E-state index >= 15 is 0 Å². The van der Waals surface area contributed by atoms with Crippen molar-refractivity contribution in [3.63, 3.8) is 0 Å². The van der Waals surface area contributed by atoms with Crippen LogP contribution in [0.15, 0.2) is 46.4 Å². The second kappa shape index (κ2) is 5.57. The van der Waals surface area contributed by atoms with E-state index in [1.807, 2.05) is 0 Å². The highest BCUT2D eigenvalue weighted by molar-refractivity contribution is 7.98. The minimum atomic E-state index is -0.302. The smallest absolute Gasteiger partial charge is 0.226 e. The quantitative estimate of drug-likeness (QED) is 0.672. The largest absolute Gasteiger partial charge is 0.444 e. The summed E-state index contributed by atoms with van der Waals surface area (Å²) in [6.07, 6.45) is 5.77. The minimum absolute atomic E-state index is 0.302. The molecule has 0 saturated heterocycles. The van der Waals surface area contributed by atoms with E-state index < -0.39 is 0 Å². The van der Waals surface area contributed by atoms with Gasteiger partial charge in [0.1, 0.15) is 18.4 Å². The molecule has 0 amide bonds. The molecule has 0 N–H and O–H groups in total. The second-order valence-electron chi connectivity index (χ2n) is 5.19. The summed E-state index contributed by atoms with van der Waals surface area (Å²) in [5.41, 5.74) is 1.44. The highest BCUT2D eigenvalue weighted by Gasteiger charge is 2.26. The van der Waals surface area contributed by atoms with Crippen LogP contribution in [0.1, 0.15) is 24.6 Å². The third-order valence-electron chi connectivity index (χ3n) is 3.45. The van der Waals surface area contributed by atoms with Crippen LogP contribution in [0.4, 0.5) is 4.39 Å². The first-order valence-corrected chi connectivity index (χ1v) is 8.01. The van der Waals surface area contributed by atoms with E-state index in [2.05, 4.69) is 19.7 Å². The Balaban J connectivity index is 1.47. The van der Waals surface area contributed by atoms with E-state index in [-0.39, 0.29) is 5.82 Å². The van der Waals surface area contributed by atoms with Gasteiger partial charge in [-0.1, -0.05) is 17.8 Å². The number of aromatic nitrogens is 4. The fourth-order valence-electron chi connectivity index (χ4n) is 2.20. The predicted octanol–water partition coefficient (Wildman–Crippen LogP) is 3.70. The van der Waals surface area contributed by atoms with Gasteiger partial charge in [-0.3, -0.25) is 0 Å². The molecular weight excluding hydrogens is 303 g/mol. The van der Waals surface area contributed by atoms with Gasteiger partial charge < -0.3 is 8.98 Å². The van der Waals surface area contributed by atoms with Gasteiger partial charge in [0.15, 0.2) is 5.16 Å². The van der Waals surface area contributed by atoms with Crippen LogP contribution in [0, 0.1) is 5.82 Å². The van der Waals surface area contributed by atoms with Crippen LogP contribution in [-0.4, -0.2) is 19.7 Å². The van der Waals surface area contributed by atoms with Gasteiger partial charge in [0.2, 0.25) is 5.89 Å². The Kier molecular flexibility index (Phi) is 3.42. The van der Waals surface area contributed by atoms with Crippen LogP contribution in [0.5, 0.6) is 0 Å². The van der Waals surface area contributed by atoms with Gasteiger partial charge in [-0.25, -0.2) is 9.37 Å². The van der Waals surface area contributed by atoms with E-state index in [1.165, 1.54) is 25.0 Å². The fourth-order valence-corrected chi connectivity index (χ4v) is 3.06. The number of halogens is 1. The normalized spacial score (nSPS) is 14.4. The van der Waals surface area contributed by atoms with E-state index in [4.69, 9.17) is 4.42 Å². The molecule has 5 nitrogen and oxygen atoms in total. The highest BCUT2D eigenvalue weighted by Crippen LogP contribution is 2.37. The third kappa shape index (κ3) is 2.76. The first-order chi connectivity index (χ1) is 10.8. The van der Waals surface area contributed by atoms with Crippen LogP contribution in [0.25, 0.3) is 11.5 Å². The SMILES string of the molecule is Fc1cccc(-c2nc(CSc3nncn3C3CC3)co2)c1. The summed E-state index contributed by atoms with van der Waals surface area (Å²) in [6.45, 7) is 0. The van der Waals surface area contributed by atoms with Gasteiger partial charge in [-0.05, 0) is 31.0 Å². The third-order valence-corrected chi connectivity index (χ3v) is 4.44. The first kappa shape index (κ1) is 13.5. The van der Waals surface area contributed by atoms with Crippen molar-refractivity contribution in [2.75, 3.05) is 0 Å². The minimum Gasteiger partial charge on any atom is -0.444 e. The fraction of sp³-hybridized carbons (Fsp3) is 0.267. The van der Waals surface area contributed by atoms with Crippen molar-refractivity contribution in [1.29, 1.82) is 0 Å². The molecule has 0 unspecified atom stereocenters. The molecule has 0 spiro atoms. The number of rotatable bonds is 5. The molecule has 2 aromatic heterocycles. The lowest BCUT2D eigenvalue weighted by Gasteiger charge is -2.01. The zero-order chi connectivity index (χ0) is 14.9. The van der Waals surface area contributed by atoms with Crippen LogP contribution in [0.2, 0.25) is 0 Å². The number of benzene rings is 1.